The van der Waals surface area contributed by atoms with Gasteiger partial charge in [0.15, 0.2) is 0 Å². The van der Waals surface area contributed by atoms with Crippen LogP contribution in [0.4, 0.5) is 5.69 Å². The number of anilines is 1. The zero-order valence-corrected chi connectivity index (χ0v) is 13.1. The van der Waals surface area contributed by atoms with E-state index < -0.39 is 5.97 Å². The highest BCUT2D eigenvalue weighted by Gasteiger charge is 2.18. The minimum absolute atomic E-state index is 0.0944. The van der Waals surface area contributed by atoms with E-state index in [1.807, 2.05) is 19.9 Å². The number of rotatable bonds is 4. The molecule has 2 rings (SSSR count). The number of carboxylic acids is 1. The first-order valence-electron chi connectivity index (χ1n) is 6.36. The maximum Gasteiger partial charge on any atom is 0.339 e. The monoisotopic (exact) mass is 323 g/mol. The van der Waals surface area contributed by atoms with E-state index in [0.717, 1.165) is 16.9 Å². The number of aryl methyl sites for hydroxylation is 2. The first-order valence-corrected chi connectivity index (χ1v) is 7.56. The van der Waals surface area contributed by atoms with Crippen molar-refractivity contribution >= 4 is 40.5 Å². The second-order valence-electron chi connectivity index (χ2n) is 4.47. The summed E-state index contributed by atoms with van der Waals surface area (Å²) in [6.45, 7) is 3.98. The number of carbonyl (C=O) groups excluding carboxylic acids is 1. The van der Waals surface area contributed by atoms with Crippen LogP contribution in [0.25, 0.3) is 0 Å². The van der Waals surface area contributed by atoms with Gasteiger partial charge in [-0.15, -0.1) is 11.3 Å². The molecule has 0 fully saturated rings. The van der Waals surface area contributed by atoms with E-state index in [0.29, 0.717) is 4.88 Å². The largest absolute Gasteiger partial charge is 0.478 e. The number of nitrogens with one attached hydrogen (secondary N) is 1. The van der Waals surface area contributed by atoms with Crippen molar-refractivity contribution in [2.24, 2.45) is 0 Å². The Morgan fingerprint density at radius 3 is 2.67 bits per heavy atom. The lowest BCUT2D eigenvalue weighted by atomic mass is 10.1. The van der Waals surface area contributed by atoms with Gasteiger partial charge in [-0.25, -0.2) is 4.79 Å². The van der Waals surface area contributed by atoms with Gasteiger partial charge in [0.2, 0.25) is 0 Å². The zero-order chi connectivity index (χ0) is 15.6. The van der Waals surface area contributed by atoms with E-state index in [-0.39, 0.29) is 22.2 Å². The number of benzene rings is 1. The number of aromatic carboxylic acids is 1. The Morgan fingerprint density at radius 2 is 2.10 bits per heavy atom. The number of thiophene rings is 1. The maximum absolute atomic E-state index is 12.2. The number of amides is 1. The Bertz CT molecular complexity index is 709. The van der Waals surface area contributed by atoms with Gasteiger partial charge >= 0.3 is 5.97 Å². The number of hydrogen-bond acceptors (Lipinski definition) is 3. The summed E-state index contributed by atoms with van der Waals surface area (Å²) >= 11 is 7.27. The van der Waals surface area contributed by atoms with Gasteiger partial charge in [0.05, 0.1) is 15.6 Å². The second-order valence-corrected chi connectivity index (χ2v) is 6.13. The predicted molar refractivity (Wildman–Crippen MR) is 84.8 cm³/mol. The standard InChI is InChI=1S/C15H14ClNO3S/c1-3-9-7-12(21-8(9)2)14(18)17-11-6-4-5-10(16)13(11)15(19)20/h4-7H,3H2,1-2H3,(H,17,18)(H,19,20). The molecular weight excluding hydrogens is 310 g/mol. The highest BCUT2D eigenvalue weighted by atomic mass is 35.5. The lowest BCUT2D eigenvalue weighted by molar-refractivity contribution is 0.0698. The van der Waals surface area contributed by atoms with Crippen molar-refractivity contribution in [2.75, 3.05) is 5.32 Å². The van der Waals surface area contributed by atoms with E-state index in [9.17, 15) is 14.7 Å². The van der Waals surface area contributed by atoms with Crippen molar-refractivity contribution in [2.45, 2.75) is 20.3 Å². The van der Waals surface area contributed by atoms with E-state index in [1.165, 1.54) is 23.5 Å². The zero-order valence-electron chi connectivity index (χ0n) is 11.6. The van der Waals surface area contributed by atoms with Crippen molar-refractivity contribution in [3.63, 3.8) is 0 Å². The van der Waals surface area contributed by atoms with Crippen molar-refractivity contribution in [3.05, 3.63) is 50.2 Å². The Labute approximate surface area is 131 Å². The molecule has 2 N–H and O–H groups in total. The fourth-order valence-corrected chi connectivity index (χ4v) is 3.28. The molecular formula is C15H14ClNO3S. The second kappa shape index (κ2) is 6.28. The lowest BCUT2D eigenvalue weighted by Gasteiger charge is -2.08. The minimum atomic E-state index is -1.17. The average molecular weight is 324 g/mol. The van der Waals surface area contributed by atoms with Crippen LogP contribution in [0.5, 0.6) is 0 Å². The highest BCUT2D eigenvalue weighted by molar-refractivity contribution is 7.14. The molecule has 110 valence electrons. The minimum Gasteiger partial charge on any atom is -0.478 e. The lowest BCUT2D eigenvalue weighted by Crippen LogP contribution is -2.14. The molecule has 0 bridgehead atoms. The third kappa shape index (κ3) is 3.25. The van der Waals surface area contributed by atoms with Crippen LogP contribution in [-0.2, 0) is 6.42 Å². The summed E-state index contributed by atoms with van der Waals surface area (Å²) in [6.07, 6.45) is 0.854. The Morgan fingerprint density at radius 1 is 1.38 bits per heavy atom. The summed E-state index contributed by atoms with van der Waals surface area (Å²) < 4.78 is 0. The molecule has 0 spiro atoms. The van der Waals surface area contributed by atoms with Crippen LogP contribution in [0.3, 0.4) is 0 Å². The molecule has 0 saturated carbocycles. The molecule has 6 heteroatoms. The fourth-order valence-electron chi connectivity index (χ4n) is 2.01. The van der Waals surface area contributed by atoms with Crippen LogP contribution in [0, 0.1) is 6.92 Å². The first-order chi connectivity index (χ1) is 9.93. The molecule has 1 aromatic carbocycles. The molecule has 0 atom stereocenters. The molecule has 1 heterocycles. The van der Waals surface area contributed by atoms with Gasteiger partial charge in [0.25, 0.3) is 5.91 Å². The molecule has 1 aromatic heterocycles. The molecule has 0 saturated heterocycles. The van der Waals surface area contributed by atoms with Gasteiger partial charge in [-0.05, 0) is 37.1 Å². The Kier molecular flexibility index (Phi) is 4.65. The van der Waals surface area contributed by atoms with Crippen LogP contribution in [-0.4, -0.2) is 17.0 Å². The topological polar surface area (TPSA) is 66.4 Å². The van der Waals surface area contributed by atoms with Crippen molar-refractivity contribution in [1.82, 2.24) is 0 Å². The van der Waals surface area contributed by atoms with Gasteiger partial charge in [-0.3, -0.25) is 4.79 Å². The quantitative estimate of drug-likeness (QED) is 0.885. The van der Waals surface area contributed by atoms with Crippen LogP contribution >= 0.6 is 22.9 Å². The predicted octanol–water partition coefficient (Wildman–Crippen LogP) is 4.22. The maximum atomic E-state index is 12.2. The van der Waals surface area contributed by atoms with Crippen LogP contribution in [0.15, 0.2) is 24.3 Å². The number of halogens is 1. The third-order valence-corrected chi connectivity index (χ3v) is 4.51. The SMILES string of the molecule is CCc1cc(C(=O)Nc2cccc(Cl)c2C(=O)O)sc1C. The van der Waals surface area contributed by atoms with E-state index in [2.05, 4.69) is 5.32 Å². The molecule has 0 unspecified atom stereocenters. The molecule has 21 heavy (non-hydrogen) atoms. The normalized spacial score (nSPS) is 10.4. The number of carbonyl (C=O) groups is 2. The van der Waals surface area contributed by atoms with Gasteiger partial charge in [-0.2, -0.15) is 0 Å². The first kappa shape index (κ1) is 15.5. The Hall–Kier alpha value is -1.85. The molecule has 0 aliphatic rings. The van der Waals surface area contributed by atoms with Crippen LogP contribution < -0.4 is 5.32 Å². The molecule has 4 nitrogen and oxygen atoms in total. The Balaban J connectivity index is 2.31. The van der Waals surface area contributed by atoms with Gasteiger partial charge in [-0.1, -0.05) is 24.6 Å². The van der Waals surface area contributed by atoms with Gasteiger partial charge in [0, 0.05) is 4.88 Å². The van der Waals surface area contributed by atoms with E-state index in [4.69, 9.17) is 11.6 Å². The molecule has 1 amide bonds. The highest BCUT2D eigenvalue weighted by Crippen LogP contribution is 2.27. The van der Waals surface area contributed by atoms with Gasteiger partial charge in [0.1, 0.15) is 5.56 Å². The van der Waals surface area contributed by atoms with Crippen molar-refractivity contribution in [3.8, 4) is 0 Å². The number of carboxylic acid groups (broad SMARTS) is 1. The molecule has 0 aliphatic heterocycles. The van der Waals surface area contributed by atoms with Crippen molar-refractivity contribution in [1.29, 1.82) is 0 Å². The number of hydrogen-bond donors (Lipinski definition) is 2. The van der Waals surface area contributed by atoms with E-state index >= 15 is 0 Å². The van der Waals surface area contributed by atoms with Crippen molar-refractivity contribution < 1.29 is 14.7 Å². The fraction of sp³-hybridized carbons (Fsp3) is 0.200. The molecule has 0 radical (unpaired) electrons. The molecule has 2 aromatic rings. The van der Waals surface area contributed by atoms with Crippen LogP contribution in [0.2, 0.25) is 5.02 Å². The summed E-state index contributed by atoms with van der Waals surface area (Å²) in [6, 6.07) is 6.43. The summed E-state index contributed by atoms with van der Waals surface area (Å²) in [5.41, 5.74) is 1.22. The summed E-state index contributed by atoms with van der Waals surface area (Å²) in [5, 5.41) is 11.9. The van der Waals surface area contributed by atoms with Gasteiger partial charge < -0.3 is 10.4 Å². The van der Waals surface area contributed by atoms with E-state index in [1.54, 1.807) is 6.07 Å². The smallest absolute Gasteiger partial charge is 0.339 e. The van der Waals surface area contributed by atoms with Crippen LogP contribution in [0.1, 0.15) is 37.4 Å². The molecule has 0 aliphatic carbocycles. The average Bonchev–Trinajstić information content (AvgIpc) is 2.79. The third-order valence-electron chi connectivity index (χ3n) is 3.10. The summed E-state index contributed by atoms with van der Waals surface area (Å²) in [7, 11) is 0. The summed E-state index contributed by atoms with van der Waals surface area (Å²) in [4.78, 5) is 25.1. The summed E-state index contributed by atoms with van der Waals surface area (Å²) in [5.74, 6) is -1.50.